The fraction of sp³-hybridized carbons (Fsp3) is 0.895. The third kappa shape index (κ3) is 6.82. The molecule has 0 heteroatoms. The molecule has 2 unspecified atom stereocenters. The van der Waals surface area contributed by atoms with Gasteiger partial charge in [-0.25, -0.2) is 0 Å². The van der Waals surface area contributed by atoms with Gasteiger partial charge in [-0.05, 0) is 37.5 Å². The fourth-order valence-corrected chi connectivity index (χ4v) is 3.94. The molecule has 0 N–H and O–H groups in total. The van der Waals surface area contributed by atoms with Crippen molar-refractivity contribution in [2.24, 2.45) is 11.8 Å². The van der Waals surface area contributed by atoms with E-state index in [9.17, 15) is 0 Å². The molecule has 19 heavy (non-hydrogen) atoms. The number of hydrogen-bond acceptors (Lipinski definition) is 0. The molecule has 2 radical (unpaired) electrons. The van der Waals surface area contributed by atoms with Gasteiger partial charge in [0, 0.05) is 0 Å². The van der Waals surface area contributed by atoms with Gasteiger partial charge in [-0.2, -0.15) is 0 Å². The van der Waals surface area contributed by atoms with Crippen LogP contribution in [0.15, 0.2) is 0 Å². The van der Waals surface area contributed by atoms with E-state index in [0.717, 1.165) is 11.8 Å². The zero-order valence-corrected chi connectivity index (χ0v) is 12.9. The largest absolute Gasteiger partial charge is 0.0533 e. The molecule has 2 atom stereocenters. The van der Waals surface area contributed by atoms with Crippen LogP contribution in [0.25, 0.3) is 0 Å². The maximum absolute atomic E-state index is 2.68. The van der Waals surface area contributed by atoms with E-state index in [2.05, 4.69) is 12.8 Å². The lowest BCUT2D eigenvalue weighted by atomic mass is 9.89. The standard InChI is InChI=1S/C19H34/c1-2-7-13-19-15-9-4-3-8-14-18(12-6-1)16-10-5-11-17-19/h6,13,18-19H,1-5,7-12,14-17H2. The van der Waals surface area contributed by atoms with Crippen molar-refractivity contribution in [2.45, 2.75) is 96.3 Å². The Hall–Kier alpha value is 0. The van der Waals surface area contributed by atoms with Crippen molar-refractivity contribution in [2.75, 3.05) is 0 Å². The highest BCUT2D eigenvalue weighted by molar-refractivity contribution is 4.80. The zero-order chi connectivity index (χ0) is 13.2. The summed E-state index contributed by atoms with van der Waals surface area (Å²) >= 11 is 0. The molecule has 0 aliphatic heterocycles. The van der Waals surface area contributed by atoms with E-state index in [0.29, 0.717) is 0 Å². The fourth-order valence-electron chi connectivity index (χ4n) is 3.94. The highest BCUT2D eigenvalue weighted by Gasteiger charge is 2.13. The van der Waals surface area contributed by atoms with Crippen LogP contribution in [-0.2, 0) is 0 Å². The van der Waals surface area contributed by atoms with Gasteiger partial charge in [0.05, 0.1) is 0 Å². The van der Waals surface area contributed by atoms with Gasteiger partial charge < -0.3 is 0 Å². The molecular weight excluding hydrogens is 228 g/mol. The average Bonchev–Trinajstić information content (AvgIpc) is 2.46. The lowest BCUT2D eigenvalue weighted by Gasteiger charge is -2.17. The normalized spacial score (nSPS) is 32.8. The molecule has 0 saturated heterocycles. The Kier molecular flexibility index (Phi) is 7.97. The van der Waals surface area contributed by atoms with E-state index >= 15 is 0 Å². The van der Waals surface area contributed by atoms with Gasteiger partial charge in [-0.3, -0.25) is 0 Å². The first-order valence-corrected chi connectivity index (χ1v) is 9.10. The SMILES string of the molecule is [CH]1CCC[CH]C2CCCCCCC(C1)CCCCC2. The molecular formula is C19H34. The predicted molar refractivity (Wildman–Crippen MR) is 84.8 cm³/mol. The van der Waals surface area contributed by atoms with Gasteiger partial charge in [-0.1, -0.05) is 83.5 Å². The molecule has 2 aliphatic rings. The maximum atomic E-state index is 2.68. The third-order valence-corrected chi connectivity index (χ3v) is 5.24. The second-order valence-electron chi connectivity index (χ2n) is 6.95. The Balaban J connectivity index is 1.90. The molecule has 0 aromatic rings. The van der Waals surface area contributed by atoms with E-state index in [1.54, 1.807) is 0 Å². The van der Waals surface area contributed by atoms with Crippen molar-refractivity contribution in [3.05, 3.63) is 12.8 Å². The average molecular weight is 262 g/mol. The van der Waals surface area contributed by atoms with Crippen LogP contribution in [0.1, 0.15) is 96.3 Å². The van der Waals surface area contributed by atoms with Crippen molar-refractivity contribution in [3.8, 4) is 0 Å². The topological polar surface area (TPSA) is 0 Å². The second-order valence-corrected chi connectivity index (χ2v) is 6.95. The Labute approximate surface area is 121 Å². The lowest BCUT2D eigenvalue weighted by molar-refractivity contribution is 0.399. The van der Waals surface area contributed by atoms with E-state index in [-0.39, 0.29) is 0 Å². The summed E-state index contributed by atoms with van der Waals surface area (Å²) in [6.45, 7) is 0. The third-order valence-electron chi connectivity index (χ3n) is 5.24. The van der Waals surface area contributed by atoms with Crippen molar-refractivity contribution < 1.29 is 0 Å². The Morgan fingerprint density at radius 1 is 0.579 bits per heavy atom. The highest BCUT2D eigenvalue weighted by Crippen LogP contribution is 2.28. The molecule has 2 rings (SSSR count). The Morgan fingerprint density at radius 3 is 1.95 bits per heavy atom. The molecule has 0 heterocycles. The molecule has 2 fully saturated rings. The first-order chi connectivity index (χ1) is 9.45. The summed E-state index contributed by atoms with van der Waals surface area (Å²) in [5.41, 5.74) is 0. The van der Waals surface area contributed by atoms with Crippen LogP contribution in [0.2, 0.25) is 0 Å². The molecule has 0 spiro atoms. The van der Waals surface area contributed by atoms with Crippen molar-refractivity contribution in [1.29, 1.82) is 0 Å². The van der Waals surface area contributed by atoms with Crippen LogP contribution in [0.4, 0.5) is 0 Å². The maximum Gasteiger partial charge on any atom is -0.0355 e. The van der Waals surface area contributed by atoms with E-state index < -0.39 is 0 Å². The van der Waals surface area contributed by atoms with Gasteiger partial charge in [0.25, 0.3) is 0 Å². The van der Waals surface area contributed by atoms with Gasteiger partial charge >= 0.3 is 0 Å². The minimum absolute atomic E-state index is 0.942. The number of fused-ring (bicyclic) bond motifs is 6. The number of hydrogen-bond donors (Lipinski definition) is 0. The molecule has 0 nitrogen and oxygen atoms in total. The summed E-state index contributed by atoms with van der Waals surface area (Å²) in [7, 11) is 0. The van der Waals surface area contributed by atoms with Gasteiger partial charge in [0.15, 0.2) is 0 Å². The van der Waals surface area contributed by atoms with E-state index in [4.69, 9.17) is 0 Å². The highest BCUT2D eigenvalue weighted by atomic mass is 14.2. The Morgan fingerprint density at radius 2 is 1.21 bits per heavy atom. The smallest absolute Gasteiger partial charge is 0.0355 e. The summed E-state index contributed by atoms with van der Waals surface area (Å²) in [6, 6.07) is 0. The van der Waals surface area contributed by atoms with Crippen LogP contribution in [0, 0.1) is 24.7 Å². The lowest BCUT2D eigenvalue weighted by Crippen LogP contribution is -2.03. The van der Waals surface area contributed by atoms with Crippen LogP contribution >= 0.6 is 0 Å². The molecule has 0 aromatic carbocycles. The molecule has 2 aliphatic carbocycles. The quantitative estimate of drug-likeness (QED) is 0.467. The molecule has 2 bridgehead atoms. The van der Waals surface area contributed by atoms with Crippen LogP contribution in [0.3, 0.4) is 0 Å². The predicted octanol–water partition coefficient (Wildman–Crippen LogP) is 6.51. The molecule has 0 aromatic heterocycles. The van der Waals surface area contributed by atoms with Crippen LogP contribution in [-0.4, -0.2) is 0 Å². The van der Waals surface area contributed by atoms with Gasteiger partial charge in [0.2, 0.25) is 0 Å². The van der Waals surface area contributed by atoms with Crippen LogP contribution < -0.4 is 0 Å². The van der Waals surface area contributed by atoms with Crippen molar-refractivity contribution in [1.82, 2.24) is 0 Å². The summed E-state index contributed by atoms with van der Waals surface area (Å²) in [4.78, 5) is 0. The first-order valence-electron chi connectivity index (χ1n) is 9.10. The second kappa shape index (κ2) is 9.83. The Bertz CT molecular complexity index is 170. The van der Waals surface area contributed by atoms with Gasteiger partial charge in [-0.15, -0.1) is 0 Å². The zero-order valence-electron chi connectivity index (χ0n) is 12.9. The van der Waals surface area contributed by atoms with Crippen molar-refractivity contribution in [3.63, 3.8) is 0 Å². The summed E-state index contributed by atoms with van der Waals surface area (Å²) < 4.78 is 0. The number of rotatable bonds is 0. The molecule has 0 amide bonds. The van der Waals surface area contributed by atoms with Gasteiger partial charge in [0.1, 0.15) is 0 Å². The minimum atomic E-state index is 0.942. The minimum Gasteiger partial charge on any atom is -0.0533 e. The van der Waals surface area contributed by atoms with Crippen molar-refractivity contribution >= 4 is 0 Å². The summed E-state index contributed by atoms with van der Waals surface area (Å²) in [6.07, 6.45) is 27.2. The monoisotopic (exact) mass is 262 g/mol. The summed E-state index contributed by atoms with van der Waals surface area (Å²) in [5.74, 6) is 1.96. The summed E-state index contributed by atoms with van der Waals surface area (Å²) in [5, 5.41) is 0. The first kappa shape index (κ1) is 15.4. The molecule has 2 saturated carbocycles. The van der Waals surface area contributed by atoms with Crippen LogP contribution in [0.5, 0.6) is 0 Å². The van der Waals surface area contributed by atoms with E-state index in [1.165, 1.54) is 96.3 Å². The molecule has 110 valence electrons. The van der Waals surface area contributed by atoms with E-state index in [1.807, 2.05) is 0 Å².